The van der Waals surface area contributed by atoms with Crippen molar-refractivity contribution in [2.24, 2.45) is 0 Å². The first-order valence-electron chi connectivity index (χ1n) is 4.38. The number of hydrogen-bond acceptors (Lipinski definition) is 1. The van der Waals surface area contributed by atoms with Crippen LogP contribution in [0.1, 0.15) is 12.8 Å². The SMILES string of the molecule is O=C(Nc1cc[c]cc1)NC1CC1. The Labute approximate surface area is 77.1 Å². The molecule has 2 N–H and O–H groups in total. The van der Waals surface area contributed by atoms with Crippen LogP contribution < -0.4 is 10.6 Å². The molecule has 0 spiro atoms. The number of hydrogen-bond donors (Lipinski definition) is 2. The maximum Gasteiger partial charge on any atom is 0.319 e. The van der Waals surface area contributed by atoms with Crippen LogP contribution in [0.5, 0.6) is 0 Å². The van der Waals surface area contributed by atoms with Gasteiger partial charge in [0, 0.05) is 11.7 Å². The van der Waals surface area contributed by atoms with Crippen LogP contribution in [0.2, 0.25) is 0 Å². The molecule has 3 heteroatoms. The number of anilines is 1. The minimum Gasteiger partial charge on any atom is -0.335 e. The van der Waals surface area contributed by atoms with Gasteiger partial charge in [0.05, 0.1) is 0 Å². The van der Waals surface area contributed by atoms with Crippen LogP contribution in [0.25, 0.3) is 0 Å². The molecule has 0 aliphatic heterocycles. The van der Waals surface area contributed by atoms with E-state index in [0.29, 0.717) is 6.04 Å². The number of benzene rings is 1. The van der Waals surface area contributed by atoms with E-state index < -0.39 is 0 Å². The van der Waals surface area contributed by atoms with Gasteiger partial charge >= 0.3 is 6.03 Å². The van der Waals surface area contributed by atoms with E-state index in [9.17, 15) is 4.79 Å². The molecule has 1 fully saturated rings. The highest BCUT2D eigenvalue weighted by atomic mass is 16.2. The summed E-state index contributed by atoms with van der Waals surface area (Å²) in [7, 11) is 0. The summed E-state index contributed by atoms with van der Waals surface area (Å²) in [4.78, 5) is 11.2. The molecule has 1 aromatic rings. The van der Waals surface area contributed by atoms with E-state index >= 15 is 0 Å². The quantitative estimate of drug-likeness (QED) is 0.706. The molecule has 2 rings (SSSR count). The van der Waals surface area contributed by atoms with Gasteiger partial charge < -0.3 is 10.6 Å². The first kappa shape index (κ1) is 8.10. The zero-order valence-corrected chi connectivity index (χ0v) is 7.21. The van der Waals surface area contributed by atoms with Gasteiger partial charge in [-0.25, -0.2) is 4.79 Å². The standard InChI is InChI=1S/C10H11N2O/c13-10(12-9-6-7-9)11-8-4-2-1-3-5-8/h2-5,9H,6-7H2,(H2,11,12,13). The second kappa shape index (κ2) is 3.47. The molecule has 2 amide bonds. The van der Waals surface area contributed by atoms with Gasteiger partial charge in [0.1, 0.15) is 0 Å². The summed E-state index contributed by atoms with van der Waals surface area (Å²) < 4.78 is 0. The summed E-state index contributed by atoms with van der Waals surface area (Å²) >= 11 is 0. The summed E-state index contributed by atoms with van der Waals surface area (Å²) in [6.45, 7) is 0. The molecule has 13 heavy (non-hydrogen) atoms. The predicted octanol–water partition coefficient (Wildman–Crippen LogP) is 1.77. The Hall–Kier alpha value is -1.51. The van der Waals surface area contributed by atoms with Crippen molar-refractivity contribution >= 4 is 11.7 Å². The summed E-state index contributed by atoms with van der Waals surface area (Å²) in [6.07, 6.45) is 2.21. The number of carbonyl (C=O) groups is 1. The predicted molar refractivity (Wildman–Crippen MR) is 50.5 cm³/mol. The van der Waals surface area contributed by atoms with Gasteiger partial charge in [-0.2, -0.15) is 0 Å². The number of rotatable bonds is 2. The van der Waals surface area contributed by atoms with Crippen molar-refractivity contribution in [2.75, 3.05) is 5.32 Å². The van der Waals surface area contributed by atoms with Gasteiger partial charge in [0.25, 0.3) is 0 Å². The Morgan fingerprint density at radius 2 is 2.08 bits per heavy atom. The monoisotopic (exact) mass is 175 g/mol. The van der Waals surface area contributed by atoms with E-state index in [0.717, 1.165) is 18.5 Å². The Morgan fingerprint density at radius 1 is 1.38 bits per heavy atom. The molecule has 3 nitrogen and oxygen atoms in total. The highest BCUT2D eigenvalue weighted by Crippen LogP contribution is 2.18. The van der Waals surface area contributed by atoms with Crippen LogP contribution in [0.15, 0.2) is 24.3 Å². The van der Waals surface area contributed by atoms with Crippen LogP contribution in [-0.4, -0.2) is 12.1 Å². The van der Waals surface area contributed by atoms with Crippen molar-refractivity contribution in [3.63, 3.8) is 0 Å². The van der Waals surface area contributed by atoms with Gasteiger partial charge in [0.2, 0.25) is 0 Å². The second-order valence-electron chi connectivity index (χ2n) is 3.16. The Kier molecular flexibility index (Phi) is 2.17. The Balaban J connectivity index is 1.86. The third kappa shape index (κ3) is 2.47. The first-order chi connectivity index (χ1) is 6.34. The molecular formula is C10H11N2O. The van der Waals surface area contributed by atoms with E-state index in [-0.39, 0.29) is 6.03 Å². The van der Waals surface area contributed by atoms with E-state index in [1.807, 2.05) is 12.1 Å². The second-order valence-corrected chi connectivity index (χ2v) is 3.16. The molecule has 1 aromatic carbocycles. The lowest BCUT2D eigenvalue weighted by molar-refractivity contribution is 0.251. The molecule has 0 bridgehead atoms. The number of carbonyl (C=O) groups excluding carboxylic acids is 1. The average molecular weight is 175 g/mol. The molecule has 1 aliphatic rings. The van der Waals surface area contributed by atoms with E-state index in [1.165, 1.54) is 0 Å². The van der Waals surface area contributed by atoms with Gasteiger partial charge in [-0.05, 0) is 31.0 Å². The van der Waals surface area contributed by atoms with Crippen molar-refractivity contribution in [3.8, 4) is 0 Å². The van der Waals surface area contributed by atoms with Crippen molar-refractivity contribution in [3.05, 3.63) is 30.3 Å². The Bertz CT molecular complexity index is 293. The van der Waals surface area contributed by atoms with E-state index in [1.54, 1.807) is 12.1 Å². The van der Waals surface area contributed by atoms with E-state index in [2.05, 4.69) is 16.7 Å². The van der Waals surface area contributed by atoms with E-state index in [4.69, 9.17) is 0 Å². The molecule has 1 radical (unpaired) electrons. The highest BCUT2D eigenvalue weighted by Gasteiger charge is 2.22. The van der Waals surface area contributed by atoms with Crippen molar-refractivity contribution in [1.82, 2.24) is 5.32 Å². The van der Waals surface area contributed by atoms with Crippen LogP contribution in [0, 0.1) is 6.07 Å². The van der Waals surface area contributed by atoms with Crippen molar-refractivity contribution in [1.29, 1.82) is 0 Å². The fourth-order valence-electron chi connectivity index (χ4n) is 1.05. The van der Waals surface area contributed by atoms with Crippen LogP contribution >= 0.6 is 0 Å². The largest absolute Gasteiger partial charge is 0.335 e. The zero-order valence-electron chi connectivity index (χ0n) is 7.21. The number of urea groups is 1. The van der Waals surface area contributed by atoms with Crippen molar-refractivity contribution < 1.29 is 4.79 Å². The maximum absolute atomic E-state index is 11.2. The summed E-state index contributed by atoms with van der Waals surface area (Å²) in [6, 6.07) is 10.3. The smallest absolute Gasteiger partial charge is 0.319 e. The van der Waals surface area contributed by atoms with Gasteiger partial charge in [-0.1, -0.05) is 12.1 Å². The lowest BCUT2D eigenvalue weighted by Gasteiger charge is -2.05. The minimum atomic E-state index is -0.117. The molecule has 0 unspecified atom stereocenters. The topological polar surface area (TPSA) is 41.1 Å². The van der Waals surface area contributed by atoms with Crippen LogP contribution in [-0.2, 0) is 0 Å². The van der Waals surface area contributed by atoms with Crippen LogP contribution in [0.3, 0.4) is 0 Å². The third-order valence-electron chi connectivity index (χ3n) is 1.89. The molecule has 0 aromatic heterocycles. The summed E-state index contributed by atoms with van der Waals surface area (Å²) in [5.74, 6) is 0. The van der Waals surface area contributed by atoms with Crippen molar-refractivity contribution in [2.45, 2.75) is 18.9 Å². The minimum absolute atomic E-state index is 0.117. The van der Waals surface area contributed by atoms with Gasteiger partial charge in [0.15, 0.2) is 0 Å². The molecule has 0 heterocycles. The molecule has 0 atom stereocenters. The zero-order chi connectivity index (χ0) is 9.10. The average Bonchev–Trinajstić information content (AvgIpc) is 2.90. The molecule has 67 valence electrons. The van der Waals surface area contributed by atoms with Gasteiger partial charge in [-0.3, -0.25) is 0 Å². The fourth-order valence-corrected chi connectivity index (χ4v) is 1.05. The third-order valence-corrected chi connectivity index (χ3v) is 1.89. The molecule has 1 aliphatic carbocycles. The summed E-state index contributed by atoms with van der Waals surface area (Å²) in [5, 5.41) is 5.59. The maximum atomic E-state index is 11.2. The number of amides is 2. The lowest BCUT2D eigenvalue weighted by atomic mass is 10.3. The number of nitrogens with one attached hydrogen (secondary N) is 2. The fraction of sp³-hybridized carbons (Fsp3) is 0.300. The molecule has 1 saturated carbocycles. The highest BCUT2D eigenvalue weighted by molar-refractivity contribution is 5.89. The summed E-state index contributed by atoms with van der Waals surface area (Å²) in [5.41, 5.74) is 0.803. The Morgan fingerprint density at radius 3 is 2.69 bits per heavy atom. The first-order valence-corrected chi connectivity index (χ1v) is 4.38. The molecule has 0 saturated heterocycles. The van der Waals surface area contributed by atoms with Gasteiger partial charge in [-0.15, -0.1) is 0 Å². The van der Waals surface area contributed by atoms with Crippen LogP contribution in [0.4, 0.5) is 10.5 Å². The lowest BCUT2D eigenvalue weighted by Crippen LogP contribution is -2.30. The normalized spacial score (nSPS) is 15.1. The molecular weight excluding hydrogens is 164 g/mol.